The molecule has 0 aliphatic carbocycles. The van der Waals surface area contributed by atoms with Crippen LogP contribution < -0.4 is 10.1 Å². The van der Waals surface area contributed by atoms with Gasteiger partial charge >= 0.3 is 0 Å². The fourth-order valence-electron chi connectivity index (χ4n) is 1.66. The average molecular weight is 259 g/mol. The molecule has 19 heavy (non-hydrogen) atoms. The van der Waals surface area contributed by atoms with Gasteiger partial charge in [0.05, 0.1) is 7.11 Å². The van der Waals surface area contributed by atoms with Crippen LogP contribution in [0.5, 0.6) is 5.75 Å². The van der Waals surface area contributed by atoms with E-state index >= 15 is 0 Å². The minimum atomic E-state index is -0.419. The molecule has 0 aliphatic rings. The van der Waals surface area contributed by atoms with Crippen LogP contribution in [0.4, 0.5) is 4.39 Å². The number of rotatable bonds is 4. The van der Waals surface area contributed by atoms with E-state index in [1.807, 2.05) is 24.3 Å². The van der Waals surface area contributed by atoms with Gasteiger partial charge in [-0.25, -0.2) is 4.39 Å². The Hall–Kier alpha value is -2.36. The van der Waals surface area contributed by atoms with E-state index in [0.29, 0.717) is 12.1 Å². The van der Waals surface area contributed by atoms with Gasteiger partial charge in [0.25, 0.3) is 5.91 Å². The molecule has 2 aromatic carbocycles. The zero-order valence-corrected chi connectivity index (χ0v) is 10.5. The maximum Gasteiger partial charge on any atom is 0.251 e. The molecule has 0 unspecified atom stereocenters. The van der Waals surface area contributed by atoms with Crippen LogP contribution in [0.3, 0.4) is 0 Å². The number of hydrogen-bond acceptors (Lipinski definition) is 2. The Morgan fingerprint density at radius 1 is 1.21 bits per heavy atom. The lowest BCUT2D eigenvalue weighted by molar-refractivity contribution is 0.0950. The third-order valence-corrected chi connectivity index (χ3v) is 2.70. The second-order valence-corrected chi connectivity index (χ2v) is 4.04. The average Bonchev–Trinajstić information content (AvgIpc) is 2.45. The predicted molar refractivity (Wildman–Crippen MR) is 70.6 cm³/mol. The molecule has 0 aliphatic heterocycles. The zero-order valence-electron chi connectivity index (χ0n) is 10.5. The molecule has 0 heterocycles. The lowest BCUT2D eigenvalue weighted by Crippen LogP contribution is -2.22. The van der Waals surface area contributed by atoms with Crippen LogP contribution in [0.2, 0.25) is 0 Å². The van der Waals surface area contributed by atoms with E-state index in [-0.39, 0.29) is 5.91 Å². The minimum Gasteiger partial charge on any atom is -0.497 e. The molecular weight excluding hydrogens is 245 g/mol. The van der Waals surface area contributed by atoms with E-state index in [9.17, 15) is 9.18 Å². The molecule has 4 heteroatoms. The minimum absolute atomic E-state index is 0.296. The van der Waals surface area contributed by atoms with Crippen molar-refractivity contribution >= 4 is 5.91 Å². The zero-order chi connectivity index (χ0) is 13.7. The van der Waals surface area contributed by atoms with Crippen molar-refractivity contribution in [3.05, 3.63) is 65.5 Å². The van der Waals surface area contributed by atoms with Crippen LogP contribution in [-0.2, 0) is 6.54 Å². The van der Waals surface area contributed by atoms with Crippen LogP contribution in [0, 0.1) is 5.82 Å². The van der Waals surface area contributed by atoms with Gasteiger partial charge in [0, 0.05) is 12.1 Å². The van der Waals surface area contributed by atoms with Gasteiger partial charge in [-0.15, -0.1) is 0 Å². The van der Waals surface area contributed by atoms with Gasteiger partial charge in [0.2, 0.25) is 0 Å². The lowest BCUT2D eigenvalue weighted by Gasteiger charge is -2.06. The number of nitrogens with one attached hydrogen (secondary N) is 1. The summed E-state index contributed by atoms with van der Waals surface area (Å²) >= 11 is 0. The number of carbonyl (C=O) groups excluding carboxylic acids is 1. The summed E-state index contributed by atoms with van der Waals surface area (Å²) in [5.41, 5.74) is 1.26. The van der Waals surface area contributed by atoms with E-state index in [1.54, 1.807) is 13.2 Å². The molecule has 0 saturated carbocycles. The second kappa shape index (κ2) is 6.00. The van der Waals surface area contributed by atoms with Crippen LogP contribution in [0.1, 0.15) is 15.9 Å². The van der Waals surface area contributed by atoms with Crippen molar-refractivity contribution in [2.75, 3.05) is 7.11 Å². The van der Waals surface area contributed by atoms with Crippen LogP contribution >= 0.6 is 0 Å². The van der Waals surface area contributed by atoms with Crippen molar-refractivity contribution in [1.29, 1.82) is 0 Å². The molecule has 0 aromatic heterocycles. The predicted octanol–water partition coefficient (Wildman–Crippen LogP) is 2.76. The third-order valence-electron chi connectivity index (χ3n) is 2.70. The summed E-state index contributed by atoms with van der Waals surface area (Å²) in [5.74, 6) is 0.0487. The Morgan fingerprint density at radius 3 is 2.58 bits per heavy atom. The van der Waals surface area contributed by atoms with Crippen LogP contribution in [-0.4, -0.2) is 13.0 Å². The van der Waals surface area contributed by atoms with Crippen molar-refractivity contribution in [2.45, 2.75) is 6.54 Å². The first kappa shape index (κ1) is 13.1. The molecule has 0 fully saturated rings. The Labute approximate surface area is 111 Å². The van der Waals surface area contributed by atoms with Gasteiger partial charge in [-0.1, -0.05) is 18.2 Å². The first-order valence-corrected chi connectivity index (χ1v) is 5.86. The fourth-order valence-corrected chi connectivity index (χ4v) is 1.66. The van der Waals surface area contributed by atoms with Gasteiger partial charge in [-0.2, -0.15) is 0 Å². The smallest absolute Gasteiger partial charge is 0.251 e. The molecule has 2 rings (SSSR count). The highest BCUT2D eigenvalue weighted by Gasteiger charge is 2.05. The van der Waals surface area contributed by atoms with Crippen molar-refractivity contribution in [1.82, 2.24) is 5.32 Å². The largest absolute Gasteiger partial charge is 0.497 e. The summed E-state index contributed by atoms with van der Waals surface area (Å²) in [4.78, 5) is 11.8. The molecule has 0 spiro atoms. The SMILES string of the molecule is COc1ccc(CNC(=O)c2cccc(F)c2)cc1. The maximum atomic E-state index is 13.0. The van der Waals surface area contributed by atoms with E-state index in [0.717, 1.165) is 11.3 Å². The summed E-state index contributed by atoms with van der Waals surface area (Å²) in [6.07, 6.45) is 0. The molecular formula is C15H14FNO2. The van der Waals surface area contributed by atoms with Gasteiger partial charge in [0.1, 0.15) is 11.6 Å². The summed E-state index contributed by atoms with van der Waals surface area (Å²) in [6.45, 7) is 0.388. The van der Waals surface area contributed by atoms with Crippen LogP contribution in [0.25, 0.3) is 0 Å². The highest BCUT2D eigenvalue weighted by molar-refractivity contribution is 5.94. The van der Waals surface area contributed by atoms with Gasteiger partial charge in [0.15, 0.2) is 0 Å². The number of ether oxygens (including phenoxy) is 1. The molecule has 0 atom stereocenters. The standard InChI is InChI=1S/C15H14FNO2/c1-19-14-7-5-11(6-8-14)10-17-15(18)12-3-2-4-13(16)9-12/h2-9H,10H2,1H3,(H,17,18). The third kappa shape index (κ3) is 3.55. The molecule has 2 aromatic rings. The first-order valence-electron chi connectivity index (χ1n) is 5.86. The highest BCUT2D eigenvalue weighted by atomic mass is 19.1. The molecule has 0 bridgehead atoms. The van der Waals surface area contributed by atoms with Crippen molar-refractivity contribution in [3.63, 3.8) is 0 Å². The number of methoxy groups -OCH3 is 1. The quantitative estimate of drug-likeness (QED) is 0.916. The number of benzene rings is 2. The topological polar surface area (TPSA) is 38.3 Å². The molecule has 98 valence electrons. The maximum absolute atomic E-state index is 13.0. The van der Waals surface area contributed by atoms with E-state index in [2.05, 4.69) is 5.32 Å². The Kier molecular flexibility index (Phi) is 4.13. The summed E-state index contributed by atoms with van der Waals surface area (Å²) < 4.78 is 18.0. The number of hydrogen-bond donors (Lipinski definition) is 1. The van der Waals surface area contributed by atoms with E-state index in [1.165, 1.54) is 18.2 Å². The molecule has 0 radical (unpaired) electrons. The monoisotopic (exact) mass is 259 g/mol. The number of carbonyl (C=O) groups is 1. The highest BCUT2D eigenvalue weighted by Crippen LogP contribution is 2.11. The van der Waals surface area contributed by atoms with Gasteiger partial charge < -0.3 is 10.1 Å². The molecule has 0 saturated heterocycles. The van der Waals surface area contributed by atoms with E-state index in [4.69, 9.17) is 4.74 Å². The van der Waals surface area contributed by atoms with E-state index < -0.39 is 5.82 Å². The van der Waals surface area contributed by atoms with Crippen LogP contribution in [0.15, 0.2) is 48.5 Å². The summed E-state index contributed by atoms with van der Waals surface area (Å²) in [6, 6.07) is 13.0. The fraction of sp³-hybridized carbons (Fsp3) is 0.133. The molecule has 1 amide bonds. The van der Waals surface area contributed by atoms with Crippen molar-refractivity contribution in [2.24, 2.45) is 0 Å². The number of halogens is 1. The Balaban J connectivity index is 1.96. The van der Waals surface area contributed by atoms with Gasteiger partial charge in [-0.05, 0) is 35.9 Å². The lowest BCUT2D eigenvalue weighted by atomic mass is 10.2. The Bertz CT molecular complexity index is 567. The van der Waals surface area contributed by atoms with Gasteiger partial charge in [-0.3, -0.25) is 4.79 Å². The second-order valence-electron chi connectivity index (χ2n) is 4.04. The first-order chi connectivity index (χ1) is 9.19. The normalized spacial score (nSPS) is 10.0. The summed E-state index contributed by atoms with van der Waals surface area (Å²) in [7, 11) is 1.60. The Morgan fingerprint density at radius 2 is 1.95 bits per heavy atom. The number of amides is 1. The molecule has 3 nitrogen and oxygen atoms in total. The van der Waals surface area contributed by atoms with Crippen molar-refractivity contribution < 1.29 is 13.9 Å². The van der Waals surface area contributed by atoms with Crippen molar-refractivity contribution in [3.8, 4) is 5.75 Å². The molecule has 1 N–H and O–H groups in total. The summed E-state index contributed by atoms with van der Waals surface area (Å²) in [5, 5.41) is 2.73.